The minimum atomic E-state index is 0.377. The van der Waals surface area contributed by atoms with Gasteiger partial charge in [-0.25, -0.2) is 4.98 Å². The van der Waals surface area contributed by atoms with Crippen LogP contribution in [0.2, 0.25) is 0 Å². The van der Waals surface area contributed by atoms with Crippen LogP contribution in [0.1, 0.15) is 44.0 Å². The summed E-state index contributed by atoms with van der Waals surface area (Å²) in [7, 11) is 0. The minimum Gasteiger partial charge on any atom is -0.403 e. The Bertz CT molecular complexity index is 641. The Morgan fingerprint density at radius 1 is 1.43 bits per heavy atom. The van der Waals surface area contributed by atoms with Crippen molar-refractivity contribution in [3.8, 4) is 0 Å². The van der Waals surface area contributed by atoms with Crippen molar-refractivity contribution in [2.45, 2.75) is 45.1 Å². The minimum absolute atomic E-state index is 0.377. The molecule has 1 unspecified atom stereocenters. The Morgan fingerprint density at radius 3 is 3.00 bits per heavy atom. The van der Waals surface area contributed by atoms with E-state index in [-0.39, 0.29) is 0 Å². The van der Waals surface area contributed by atoms with Gasteiger partial charge in [0.05, 0.1) is 0 Å². The highest BCUT2D eigenvalue weighted by Crippen LogP contribution is 2.39. The monoisotopic (exact) mass is 329 g/mol. The van der Waals surface area contributed by atoms with Gasteiger partial charge in [0.25, 0.3) is 0 Å². The third kappa shape index (κ3) is 3.74. The molecule has 1 atom stereocenters. The molecule has 1 aromatic heterocycles. The first-order valence-corrected chi connectivity index (χ1v) is 9.41. The smallest absolute Gasteiger partial charge is 0.104 e. The Balaban J connectivity index is 1.82. The SMILES string of the molecule is CC(C)(C)C1CCc2nc3c(cc2C1)C=C(CN/C=C\N)CS3. The van der Waals surface area contributed by atoms with Gasteiger partial charge in [0, 0.05) is 36.0 Å². The summed E-state index contributed by atoms with van der Waals surface area (Å²) in [5.74, 6) is 1.76. The predicted octanol–water partition coefficient (Wildman–Crippen LogP) is 3.74. The zero-order valence-corrected chi connectivity index (χ0v) is 15.2. The molecule has 1 aliphatic carbocycles. The third-order valence-electron chi connectivity index (χ3n) is 4.90. The molecule has 1 aromatic rings. The summed E-state index contributed by atoms with van der Waals surface area (Å²) in [5, 5.41) is 4.42. The van der Waals surface area contributed by atoms with Gasteiger partial charge in [-0.1, -0.05) is 26.8 Å². The summed E-state index contributed by atoms with van der Waals surface area (Å²) in [6.07, 6.45) is 9.20. The molecule has 4 heteroatoms. The van der Waals surface area contributed by atoms with E-state index >= 15 is 0 Å². The molecule has 124 valence electrons. The fourth-order valence-electron chi connectivity index (χ4n) is 3.40. The maximum absolute atomic E-state index is 5.37. The molecule has 0 bridgehead atoms. The van der Waals surface area contributed by atoms with E-state index in [9.17, 15) is 0 Å². The second-order valence-electron chi connectivity index (χ2n) is 7.63. The quantitative estimate of drug-likeness (QED) is 0.887. The number of pyridine rings is 1. The summed E-state index contributed by atoms with van der Waals surface area (Å²) >= 11 is 1.86. The van der Waals surface area contributed by atoms with Crippen molar-refractivity contribution < 1.29 is 0 Å². The highest BCUT2D eigenvalue weighted by Gasteiger charge is 2.30. The molecule has 0 saturated carbocycles. The molecule has 23 heavy (non-hydrogen) atoms. The van der Waals surface area contributed by atoms with Crippen molar-refractivity contribution >= 4 is 17.8 Å². The number of hydrogen-bond donors (Lipinski definition) is 2. The second kappa shape index (κ2) is 6.60. The molecule has 2 heterocycles. The number of nitrogens with two attached hydrogens (primary N) is 1. The summed E-state index contributed by atoms with van der Waals surface area (Å²) < 4.78 is 0. The number of nitrogens with zero attached hydrogens (tertiary/aromatic N) is 1. The Labute approximate surface area is 143 Å². The highest BCUT2D eigenvalue weighted by molar-refractivity contribution is 7.99. The molecule has 0 saturated heterocycles. The van der Waals surface area contributed by atoms with Crippen molar-refractivity contribution in [1.29, 1.82) is 0 Å². The average molecular weight is 330 g/mol. The van der Waals surface area contributed by atoms with Gasteiger partial charge in [-0.05, 0) is 47.8 Å². The zero-order valence-electron chi connectivity index (χ0n) is 14.4. The number of aryl methyl sites for hydroxylation is 1. The van der Waals surface area contributed by atoms with Crippen LogP contribution >= 0.6 is 11.8 Å². The van der Waals surface area contributed by atoms with E-state index in [2.05, 4.69) is 38.2 Å². The standard InChI is InChI=1S/C19H27N3S/c1-19(2,3)16-4-5-17-14(10-16)9-15-8-13(11-21-7-6-20)12-23-18(15)22-17/h6-9,16,21H,4-5,10-12,20H2,1-3H3/b7-6-. The van der Waals surface area contributed by atoms with E-state index < -0.39 is 0 Å². The van der Waals surface area contributed by atoms with Crippen LogP contribution in [0, 0.1) is 11.3 Å². The first-order chi connectivity index (χ1) is 11.0. The number of thioether (sulfide) groups is 1. The fraction of sp³-hybridized carbons (Fsp3) is 0.526. The molecular weight excluding hydrogens is 302 g/mol. The first-order valence-electron chi connectivity index (χ1n) is 8.42. The lowest BCUT2D eigenvalue weighted by atomic mass is 9.71. The number of aromatic nitrogens is 1. The largest absolute Gasteiger partial charge is 0.403 e. The number of hydrogen-bond acceptors (Lipinski definition) is 4. The molecule has 0 radical (unpaired) electrons. The molecular formula is C19H27N3S. The average Bonchev–Trinajstić information content (AvgIpc) is 2.51. The van der Waals surface area contributed by atoms with Crippen molar-refractivity contribution in [2.24, 2.45) is 17.1 Å². The molecule has 2 aliphatic rings. The highest BCUT2D eigenvalue weighted by atomic mass is 32.2. The summed E-state index contributed by atoms with van der Waals surface area (Å²) in [5.41, 5.74) is 11.2. The normalized spacial score (nSPS) is 20.8. The fourth-order valence-corrected chi connectivity index (χ4v) is 4.37. The van der Waals surface area contributed by atoms with E-state index in [0.717, 1.165) is 24.6 Å². The molecule has 3 N–H and O–H groups in total. The number of rotatable bonds is 3. The topological polar surface area (TPSA) is 50.9 Å². The van der Waals surface area contributed by atoms with Gasteiger partial charge in [-0.3, -0.25) is 0 Å². The van der Waals surface area contributed by atoms with Gasteiger partial charge >= 0.3 is 0 Å². The van der Waals surface area contributed by atoms with Crippen LogP contribution in [-0.4, -0.2) is 17.3 Å². The van der Waals surface area contributed by atoms with Crippen LogP contribution in [0.25, 0.3) is 6.08 Å². The van der Waals surface area contributed by atoms with Crippen LogP contribution in [0.5, 0.6) is 0 Å². The zero-order chi connectivity index (χ0) is 16.4. The van der Waals surface area contributed by atoms with Gasteiger partial charge in [-0.2, -0.15) is 0 Å². The van der Waals surface area contributed by atoms with Crippen molar-refractivity contribution in [1.82, 2.24) is 10.3 Å². The van der Waals surface area contributed by atoms with Crippen molar-refractivity contribution in [3.63, 3.8) is 0 Å². The Hall–Kier alpha value is -1.42. The number of nitrogens with one attached hydrogen (secondary N) is 1. The maximum Gasteiger partial charge on any atom is 0.104 e. The second-order valence-corrected chi connectivity index (χ2v) is 8.59. The molecule has 3 nitrogen and oxygen atoms in total. The lowest BCUT2D eigenvalue weighted by Gasteiger charge is -2.35. The van der Waals surface area contributed by atoms with Crippen molar-refractivity contribution in [2.75, 3.05) is 12.3 Å². The van der Waals surface area contributed by atoms with E-state index in [4.69, 9.17) is 10.7 Å². The molecule has 0 fully saturated rings. The summed E-state index contributed by atoms with van der Waals surface area (Å²) in [6.45, 7) is 7.93. The molecule has 0 aromatic carbocycles. The van der Waals surface area contributed by atoms with Gasteiger partial charge in [0.15, 0.2) is 0 Å². The Morgan fingerprint density at radius 2 is 2.26 bits per heavy atom. The van der Waals surface area contributed by atoms with Crippen LogP contribution in [-0.2, 0) is 12.8 Å². The van der Waals surface area contributed by atoms with Crippen LogP contribution < -0.4 is 11.1 Å². The van der Waals surface area contributed by atoms with Gasteiger partial charge < -0.3 is 11.1 Å². The van der Waals surface area contributed by atoms with Crippen LogP contribution in [0.15, 0.2) is 29.1 Å². The molecule has 3 rings (SSSR count). The van der Waals surface area contributed by atoms with Crippen LogP contribution in [0.3, 0.4) is 0 Å². The third-order valence-corrected chi connectivity index (χ3v) is 6.02. The number of fused-ring (bicyclic) bond motifs is 2. The van der Waals surface area contributed by atoms with Gasteiger partial charge in [-0.15, -0.1) is 11.8 Å². The maximum atomic E-state index is 5.37. The predicted molar refractivity (Wildman–Crippen MR) is 99.2 cm³/mol. The lowest BCUT2D eigenvalue weighted by molar-refractivity contribution is 0.214. The first kappa shape index (κ1) is 16.4. The summed E-state index contributed by atoms with van der Waals surface area (Å²) in [6, 6.07) is 2.39. The molecule has 1 aliphatic heterocycles. The Kier molecular flexibility index (Phi) is 4.72. The summed E-state index contributed by atoms with van der Waals surface area (Å²) in [4.78, 5) is 4.97. The molecule has 0 spiro atoms. The lowest BCUT2D eigenvalue weighted by Crippen LogP contribution is -2.27. The van der Waals surface area contributed by atoms with Gasteiger partial charge in [0.2, 0.25) is 0 Å². The van der Waals surface area contributed by atoms with E-state index in [0.29, 0.717) is 5.41 Å². The van der Waals surface area contributed by atoms with Gasteiger partial charge in [0.1, 0.15) is 5.03 Å². The molecule has 0 amide bonds. The van der Waals surface area contributed by atoms with E-state index in [1.54, 1.807) is 6.20 Å². The van der Waals surface area contributed by atoms with Crippen molar-refractivity contribution in [3.05, 3.63) is 40.9 Å². The van der Waals surface area contributed by atoms with Crippen LogP contribution in [0.4, 0.5) is 0 Å². The van der Waals surface area contributed by atoms with E-state index in [1.807, 2.05) is 11.8 Å². The van der Waals surface area contributed by atoms with E-state index in [1.165, 1.54) is 46.5 Å².